The van der Waals surface area contributed by atoms with Gasteiger partial charge in [0.1, 0.15) is 12.2 Å². The summed E-state index contributed by atoms with van der Waals surface area (Å²) in [5.41, 5.74) is 5.88. The minimum absolute atomic E-state index is 0.00871. The first kappa shape index (κ1) is 21.6. The van der Waals surface area contributed by atoms with Crippen molar-refractivity contribution in [2.24, 2.45) is 0 Å². The summed E-state index contributed by atoms with van der Waals surface area (Å²) in [5.74, 6) is 0.0142. The number of hydrogen-bond acceptors (Lipinski definition) is 4. The molecule has 6 nitrogen and oxygen atoms in total. The number of aryl methyl sites for hydroxylation is 1. The highest BCUT2D eigenvalue weighted by molar-refractivity contribution is 9.10. The number of methoxy groups -OCH3 is 1. The number of anilines is 1. The van der Waals surface area contributed by atoms with Crippen molar-refractivity contribution in [1.29, 1.82) is 0 Å². The standard InChI is InChI=1S/C25H21BrN2O4/c1-16-7-6-8-17(11-16)15-32-23-18(12-19(26)14-22(23)31-2)13-21-24(29)27-28(25(21)30)20-9-4-3-5-10-20/h3-14H,15H2,1-2H3,(H,27,29). The quantitative estimate of drug-likeness (QED) is 0.396. The number of nitrogens with zero attached hydrogens (tertiary/aromatic N) is 1. The number of hydrogen-bond donors (Lipinski definition) is 1. The maximum atomic E-state index is 13.0. The second-order valence-electron chi connectivity index (χ2n) is 7.28. The van der Waals surface area contributed by atoms with E-state index in [2.05, 4.69) is 21.4 Å². The lowest BCUT2D eigenvalue weighted by molar-refractivity contribution is -0.117. The normalized spacial score (nSPS) is 14.6. The van der Waals surface area contributed by atoms with Crippen molar-refractivity contribution in [3.63, 3.8) is 0 Å². The van der Waals surface area contributed by atoms with Crippen LogP contribution >= 0.6 is 15.9 Å². The smallest absolute Gasteiger partial charge is 0.282 e. The Hall–Kier alpha value is -3.58. The van der Waals surface area contributed by atoms with Crippen molar-refractivity contribution in [3.05, 3.63) is 93.5 Å². The molecule has 3 aromatic rings. The van der Waals surface area contributed by atoms with Crippen molar-refractivity contribution in [3.8, 4) is 11.5 Å². The Balaban J connectivity index is 1.69. The molecule has 1 aliphatic rings. The Bertz CT molecular complexity index is 1210. The van der Waals surface area contributed by atoms with Crippen LogP contribution in [0, 0.1) is 6.92 Å². The van der Waals surface area contributed by atoms with Gasteiger partial charge in [-0.15, -0.1) is 0 Å². The average molecular weight is 493 g/mol. The average Bonchev–Trinajstić information content (AvgIpc) is 3.07. The maximum absolute atomic E-state index is 13.0. The second kappa shape index (κ2) is 9.28. The highest BCUT2D eigenvalue weighted by Crippen LogP contribution is 2.37. The summed E-state index contributed by atoms with van der Waals surface area (Å²) in [6.45, 7) is 2.33. The van der Waals surface area contributed by atoms with Gasteiger partial charge in [-0.3, -0.25) is 15.0 Å². The third-order valence-corrected chi connectivity index (χ3v) is 5.40. The third-order valence-electron chi connectivity index (χ3n) is 4.94. The monoisotopic (exact) mass is 492 g/mol. The minimum Gasteiger partial charge on any atom is -0.493 e. The molecule has 1 fully saturated rings. The molecule has 7 heteroatoms. The van der Waals surface area contributed by atoms with Gasteiger partial charge in [-0.05, 0) is 42.8 Å². The van der Waals surface area contributed by atoms with Gasteiger partial charge in [0, 0.05) is 10.0 Å². The number of halogens is 1. The van der Waals surface area contributed by atoms with E-state index in [0.29, 0.717) is 29.4 Å². The van der Waals surface area contributed by atoms with Crippen LogP contribution in [-0.2, 0) is 16.2 Å². The fourth-order valence-corrected chi connectivity index (χ4v) is 3.89. The Labute approximate surface area is 194 Å². The molecule has 0 unspecified atom stereocenters. The zero-order valence-corrected chi connectivity index (χ0v) is 19.2. The maximum Gasteiger partial charge on any atom is 0.282 e. The van der Waals surface area contributed by atoms with Crippen LogP contribution in [0.2, 0.25) is 0 Å². The van der Waals surface area contributed by atoms with E-state index in [1.54, 1.807) is 43.5 Å². The molecular formula is C25H21BrN2O4. The molecule has 0 spiro atoms. The summed E-state index contributed by atoms with van der Waals surface area (Å²) in [5, 5.41) is 1.23. The van der Waals surface area contributed by atoms with E-state index >= 15 is 0 Å². The van der Waals surface area contributed by atoms with Crippen LogP contribution < -0.4 is 19.9 Å². The number of rotatable bonds is 6. The van der Waals surface area contributed by atoms with E-state index in [1.165, 1.54) is 11.1 Å². The van der Waals surface area contributed by atoms with Gasteiger partial charge in [-0.2, -0.15) is 0 Å². The third kappa shape index (κ3) is 4.53. The number of hydrazine groups is 1. The van der Waals surface area contributed by atoms with Crippen LogP contribution in [0.15, 0.2) is 76.8 Å². The van der Waals surface area contributed by atoms with Crippen molar-refractivity contribution in [2.75, 3.05) is 12.1 Å². The number of amides is 2. The van der Waals surface area contributed by atoms with Gasteiger partial charge in [0.25, 0.3) is 11.8 Å². The lowest BCUT2D eigenvalue weighted by Gasteiger charge is -2.15. The molecule has 0 saturated carbocycles. The minimum atomic E-state index is -0.484. The molecule has 0 bridgehead atoms. The first-order valence-electron chi connectivity index (χ1n) is 9.94. The Kier molecular flexibility index (Phi) is 6.28. The molecule has 0 aromatic heterocycles. The van der Waals surface area contributed by atoms with E-state index < -0.39 is 11.8 Å². The van der Waals surface area contributed by atoms with Gasteiger partial charge in [-0.1, -0.05) is 64.0 Å². The van der Waals surface area contributed by atoms with Crippen LogP contribution in [0.1, 0.15) is 16.7 Å². The highest BCUT2D eigenvalue weighted by atomic mass is 79.9. The fourth-order valence-electron chi connectivity index (χ4n) is 3.43. The zero-order valence-electron chi connectivity index (χ0n) is 17.6. The molecule has 3 aromatic carbocycles. The number of ether oxygens (including phenoxy) is 2. The number of para-hydroxylation sites is 1. The number of carbonyl (C=O) groups excluding carboxylic acids is 2. The van der Waals surface area contributed by atoms with E-state index in [4.69, 9.17) is 9.47 Å². The van der Waals surface area contributed by atoms with Gasteiger partial charge in [0.15, 0.2) is 11.5 Å². The summed E-state index contributed by atoms with van der Waals surface area (Å²) in [7, 11) is 1.54. The summed E-state index contributed by atoms with van der Waals surface area (Å²) in [6.07, 6.45) is 1.53. The highest BCUT2D eigenvalue weighted by Gasteiger charge is 2.34. The molecule has 1 heterocycles. The zero-order chi connectivity index (χ0) is 22.7. The van der Waals surface area contributed by atoms with Gasteiger partial charge in [-0.25, -0.2) is 5.01 Å². The largest absolute Gasteiger partial charge is 0.493 e. The lowest BCUT2D eigenvalue weighted by Crippen LogP contribution is -2.35. The van der Waals surface area contributed by atoms with Crippen LogP contribution in [0.4, 0.5) is 5.69 Å². The number of carbonyl (C=O) groups is 2. The summed E-state index contributed by atoms with van der Waals surface area (Å²) >= 11 is 3.46. The van der Waals surface area contributed by atoms with Crippen LogP contribution in [0.25, 0.3) is 6.08 Å². The SMILES string of the molecule is COc1cc(Br)cc(C=C2C(=O)NN(c3ccccc3)C2=O)c1OCc1cccc(C)c1. The molecule has 4 rings (SSSR count). The van der Waals surface area contributed by atoms with Crippen LogP contribution in [0.5, 0.6) is 11.5 Å². The molecular weight excluding hydrogens is 472 g/mol. The molecule has 1 N–H and O–H groups in total. The van der Waals surface area contributed by atoms with Crippen molar-refractivity contribution < 1.29 is 19.1 Å². The topological polar surface area (TPSA) is 67.9 Å². The molecule has 2 amide bonds. The molecule has 162 valence electrons. The molecule has 0 aliphatic carbocycles. The Morgan fingerprint density at radius 1 is 1.03 bits per heavy atom. The van der Waals surface area contributed by atoms with E-state index in [1.807, 2.05) is 37.3 Å². The lowest BCUT2D eigenvalue weighted by atomic mass is 10.1. The van der Waals surface area contributed by atoms with E-state index in [9.17, 15) is 9.59 Å². The van der Waals surface area contributed by atoms with Crippen molar-refractivity contribution in [1.82, 2.24) is 5.43 Å². The van der Waals surface area contributed by atoms with Crippen LogP contribution in [-0.4, -0.2) is 18.9 Å². The van der Waals surface area contributed by atoms with E-state index in [-0.39, 0.29) is 5.57 Å². The second-order valence-corrected chi connectivity index (χ2v) is 8.19. The molecule has 1 saturated heterocycles. The fraction of sp³-hybridized carbons (Fsp3) is 0.120. The molecule has 32 heavy (non-hydrogen) atoms. The molecule has 0 radical (unpaired) electrons. The van der Waals surface area contributed by atoms with Gasteiger partial charge >= 0.3 is 0 Å². The van der Waals surface area contributed by atoms with E-state index in [0.717, 1.165) is 15.6 Å². The number of benzene rings is 3. The summed E-state index contributed by atoms with van der Waals surface area (Å²) in [4.78, 5) is 25.6. The van der Waals surface area contributed by atoms with Crippen LogP contribution in [0.3, 0.4) is 0 Å². The summed E-state index contributed by atoms with van der Waals surface area (Å²) in [6, 6.07) is 20.5. The van der Waals surface area contributed by atoms with Gasteiger partial charge in [0.2, 0.25) is 0 Å². The first-order chi connectivity index (χ1) is 15.5. The van der Waals surface area contributed by atoms with Gasteiger partial charge < -0.3 is 9.47 Å². The molecule has 1 aliphatic heterocycles. The first-order valence-corrected chi connectivity index (χ1v) is 10.7. The predicted molar refractivity (Wildman–Crippen MR) is 126 cm³/mol. The molecule has 0 atom stereocenters. The Morgan fingerprint density at radius 3 is 2.53 bits per heavy atom. The van der Waals surface area contributed by atoms with Gasteiger partial charge in [0.05, 0.1) is 12.8 Å². The number of nitrogens with one attached hydrogen (secondary N) is 1. The predicted octanol–water partition coefficient (Wildman–Crippen LogP) is 4.81. The van der Waals surface area contributed by atoms with Crippen molar-refractivity contribution in [2.45, 2.75) is 13.5 Å². The van der Waals surface area contributed by atoms with Crippen molar-refractivity contribution >= 4 is 39.5 Å². The summed E-state index contributed by atoms with van der Waals surface area (Å²) < 4.78 is 12.3. The Morgan fingerprint density at radius 2 is 1.81 bits per heavy atom.